The summed E-state index contributed by atoms with van der Waals surface area (Å²) in [6.45, 7) is 0.964. The van der Waals surface area contributed by atoms with Gasteiger partial charge in [-0.2, -0.15) is 0 Å². The number of benzene rings is 2. The van der Waals surface area contributed by atoms with Crippen molar-refractivity contribution in [3.8, 4) is 23.0 Å². The van der Waals surface area contributed by atoms with Gasteiger partial charge in [0.1, 0.15) is 0 Å². The summed E-state index contributed by atoms with van der Waals surface area (Å²) in [7, 11) is 0. The molecule has 0 aromatic heterocycles. The molecule has 1 saturated carbocycles. The van der Waals surface area contributed by atoms with Crippen LogP contribution < -0.4 is 10.6 Å². The maximum atomic E-state index is 12.3. The first-order chi connectivity index (χ1) is 14.8. The Morgan fingerprint density at radius 1 is 0.839 bits per heavy atom. The second-order valence-corrected chi connectivity index (χ2v) is 8.05. The van der Waals surface area contributed by atoms with Gasteiger partial charge < -0.3 is 31.1 Å². The normalized spacial score (nSPS) is 18.3. The zero-order chi connectivity index (χ0) is 22.4. The molecule has 0 bridgehead atoms. The molecule has 2 atom stereocenters. The molecule has 6 N–H and O–H groups in total. The highest BCUT2D eigenvalue weighted by atomic mass is 16.3. The van der Waals surface area contributed by atoms with Crippen LogP contribution in [0.5, 0.6) is 23.0 Å². The fraction of sp³-hybridized carbons (Fsp3) is 0.391. The Morgan fingerprint density at radius 3 is 2.16 bits per heavy atom. The molecule has 8 heteroatoms. The molecule has 3 rings (SSSR count). The third kappa shape index (κ3) is 5.81. The molecule has 31 heavy (non-hydrogen) atoms. The molecular weight excluding hydrogens is 400 g/mol. The van der Waals surface area contributed by atoms with E-state index in [2.05, 4.69) is 10.6 Å². The van der Waals surface area contributed by atoms with Gasteiger partial charge in [-0.3, -0.25) is 9.59 Å². The van der Waals surface area contributed by atoms with Crippen molar-refractivity contribution in [1.82, 2.24) is 10.6 Å². The Morgan fingerprint density at radius 2 is 1.45 bits per heavy atom. The van der Waals surface area contributed by atoms with Crippen LogP contribution in [0.3, 0.4) is 0 Å². The Labute approximate surface area is 180 Å². The van der Waals surface area contributed by atoms with Gasteiger partial charge in [0.25, 0.3) is 5.91 Å². The summed E-state index contributed by atoms with van der Waals surface area (Å²) in [6, 6.07) is 8.80. The average molecular weight is 428 g/mol. The number of aromatic hydroxyl groups is 4. The molecule has 166 valence electrons. The molecule has 0 heterocycles. The highest BCUT2D eigenvalue weighted by molar-refractivity contribution is 5.97. The zero-order valence-corrected chi connectivity index (χ0v) is 17.2. The number of carbonyl (C=O) groups is 2. The van der Waals surface area contributed by atoms with Gasteiger partial charge in [0.05, 0.1) is 12.0 Å². The average Bonchev–Trinajstić information content (AvgIpc) is 2.76. The summed E-state index contributed by atoms with van der Waals surface area (Å²) < 4.78 is 0. The maximum Gasteiger partial charge on any atom is 0.255 e. The third-order valence-electron chi connectivity index (χ3n) is 5.74. The zero-order valence-electron chi connectivity index (χ0n) is 17.2. The van der Waals surface area contributed by atoms with Gasteiger partial charge in [-0.05, 0) is 49.3 Å². The van der Waals surface area contributed by atoms with Crippen molar-refractivity contribution >= 4 is 11.8 Å². The molecule has 2 aromatic carbocycles. The largest absolute Gasteiger partial charge is 0.504 e. The Bertz CT molecular complexity index is 946. The van der Waals surface area contributed by atoms with Gasteiger partial charge in [-0.25, -0.2) is 0 Å². The van der Waals surface area contributed by atoms with E-state index in [0.717, 1.165) is 25.7 Å². The van der Waals surface area contributed by atoms with E-state index in [-0.39, 0.29) is 47.0 Å². The number of hydrogen-bond donors (Lipinski definition) is 6. The first-order valence-electron chi connectivity index (χ1n) is 10.4. The molecule has 1 aliphatic rings. The lowest BCUT2D eigenvalue weighted by Crippen LogP contribution is -2.36. The summed E-state index contributed by atoms with van der Waals surface area (Å²) in [4.78, 5) is 24.5. The summed E-state index contributed by atoms with van der Waals surface area (Å²) >= 11 is 0. The van der Waals surface area contributed by atoms with Gasteiger partial charge in [0, 0.05) is 18.7 Å². The standard InChI is InChI=1S/C23H28N2O6/c26-18-8-2-6-16(21(18)29)11-20(28)24-12-14-4-1-5-15(10-14)13-25-23(31)17-7-3-9-19(27)22(17)30/h2-3,6-9,14-15,26-27,29-30H,1,4-5,10-13H2,(H,24,28)(H,25,31). The van der Waals surface area contributed by atoms with E-state index in [0.29, 0.717) is 18.7 Å². The van der Waals surface area contributed by atoms with Gasteiger partial charge in [0.2, 0.25) is 5.91 Å². The van der Waals surface area contributed by atoms with Crippen molar-refractivity contribution < 1.29 is 30.0 Å². The number of hydrogen-bond acceptors (Lipinski definition) is 6. The number of phenolic OH excluding ortho intramolecular Hbond substituents is 4. The predicted molar refractivity (Wildman–Crippen MR) is 114 cm³/mol. The number of nitrogens with one attached hydrogen (secondary N) is 2. The van der Waals surface area contributed by atoms with Gasteiger partial charge >= 0.3 is 0 Å². The smallest absolute Gasteiger partial charge is 0.255 e. The topological polar surface area (TPSA) is 139 Å². The van der Waals surface area contributed by atoms with E-state index in [4.69, 9.17) is 0 Å². The number of amides is 2. The molecule has 8 nitrogen and oxygen atoms in total. The van der Waals surface area contributed by atoms with Crippen LogP contribution >= 0.6 is 0 Å². The van der Waals surface area contributed by atoms with E-state index < -0.39 is 11.7 Å². The molecule has 2 aromatic rings. The molecule has 2 unspecified atom stereocenters. The van der Waals surface area contributed by atoms with Gasteiger partial charge in [-0.15, -0.1) is 0 Å². The van der Waals surface area contributed by atoms with Crippen molar-refractivity contribution in [3.63, 3.8) is 0 Å². The highest BCUT2D eigenvalue weighted by Crippen LogP contribution is 2.31. The van der Waals surface area contributed by atoms with Crippen molar-refractivity contribution in [2.24, 2.45) is 11.8 Å². The van der Waals surface area contributed by atoms with E-state index in [9.17, 15) is 30.0 Å². The lowest BCUT2D eigenvalue weighted by Gasteiger charge is -2.29. The molecule has 1 aliphatic carbocycles. The van der Waals surface area contributed by atoms with Crippen molar-refractivity contribution in [2.45, 2.75) is 32.1 Å². The van der Waals surface area contributed by atoms with Crippen LogP contribution in [0, 0.1) is 11.8 Å². The number of rotatable bonds is 7. The van der Waals surface area contributed by atoms with Crippen LogP contribution in [0.15, 0.2) is 36.4 Å². The van der Waals surface area contributed by atoms with Gasteiger partial charge in [-0.1, -0.05) is 24.6 Å². The predicted octanol–water partition coefficient (Wildman–Crippen LogP) is 2.40. The lowest BCUT2D eigenvalue weighted by molar-refractivity contribution is -0.120. The molecule has 2 amide bonds. The van der Waals surface area contributed by atoms with Crippen LogP contribution in [-0.2, 0) is 11.2 Å². The first kappa shape index (κ1) is 22.3. The molecule has 1 fully saturated rings. The van der Waals surface area contributed by atoms with Crippen molar-refractivity contribution in [3.05, 3.63) is 47.5 Å². The van der Waals surface area contributed by atoms with Gasteiger partial charge in [0.15, 0.2) is 23.0 Å². The molecule has 0 radical (unpaired) electrons. The quantitative estimate of drug-likeness (QED) is 0.374. The Hall–Kier alpha value is -3.42. The van der Waals surface area contributed by atoms with Crippen LogP contribution in [0.25, 0.3) is 0 Å². The van der Waals surface area contributed by atoms with Crippen LogP contribution in [0.2, 0.25) is 0 Å². The van der Waals surface area contributed by atoms with E-state index >= 15 is 0 Å². The van der Waals surface area contributed by atoms with Crippen LogP contribution in [0.4, 0.5) is 0 Å². The second-order valence-electron chi connectivity index (χ2n) is 8.05. The summed E-state index contributed by atoms with van der Waals surface area (Å²) in [5, 5.41) is 44.4. The molecule has 0 aliphatic heterocycles. The minimum atomic E-state index is -0.435. The monoisotopic (exact) mass is 428 g/mol. The number of para-hydroxylation sites is 2. The minimum absolute atomic E-state index is 0.0140. The third-order valence-corrected chi connectivity index (χ3v) is 5.74. The fourth-order valence-corrected chi connectivity index (χ4v) is 4.03. The van der Waals surface area contributed by atoms with E-state index in [1.165, 1.54) is 24.3 Å². The first-order valence-corrected chi connectivity index (χ1v) is 10.4. The molecular formula is C23H28N2O6. The Balaban J connectivity index is 1.45. The number of phenols is 4. The summed E-state index contributed by atoms with van der Waals surface area (Å²) in [6.07, 6.45) is 3.78. The summed E-state index contributed by atoms with van der Waals surface area (Å²) in [5.74, 6) is -1.40. The highest BCUT2D eigenvalue weighted by Gasteiger charge is 2.24. The SMILES string of the molecule is O=C(Cc1cccc(O)c1O)NCC1CCCC(CNC(=O)c2cccc(O)c2O)C1. The van der Waals surface area contributed by atoms with Crippen molar-refractivity contribution in [1.29, 1.82) is 0 Å². The second kappa shape index (κ2) is 10.1. The van der Waals surface area contributed by atoms with E-state index in [1.54, 1.807) is 12.1 Å². The maximum absolute atomic E-state index is 12.3. The molecule has 0 spiro atoms. The molecule has 0 saturated heterocycles. The summed E-state index contributed by atoms with van der Waals surface area (Å²) in [5.41, 5.74) is 0.409. The van der Waals surface area contributed by atoms with E-state index in [1.807, 2.05) is 0 Å². The number of carbonyl (C=O) groups excluding carboxylic acids is 2. The Kier molecular flexibility index (Phi) is 7.23. The van der Waals surface area contributed by atoms with Crippen molar-refractivity contribution in [2.75, 3.05) is 13.1 Å². The van der Waals surface area contributed by atoms with Crippen LogP contribution in [-0.4, -0.2) is 45.3 Å². The lowest BCUT2D eigenvalue weighted by atomic mass is 9.81. The minimum Gasteiger partial charge on any atom is -0.504 e. The fourth-order valence-electron chi connectivity index (χ4n) is 4.03. The van der Waals surface area contributed by atoms with Crippen LogP contribution in [0.1, 0.15) is 41.6 Å².